The van der Waals surface area contributed by atoms with Gasteiger partial charge in [-0.3, -0.25) is 0 Å². The third-order valence-corrected chi connectivity index (χ3v) is 5.74. The van der Waals surface area contributed by atoms with E-state index in [4.69, 9.17) is 0 Å². The second-order valence-corrected chi connectivity index (χ2v) is 7.46. The number of rotatable bonds is 1. The third-order valence-electron chi connectivity index (χ3n) is 5.74. The van der Waals surface area contributed by atoms with Gasteiger partial charge in [-0.05, 0) is 77.3 Å². The summed E-state index contributed by atoms with van der Waals surface area (Å²) in [4.78, 5) is 0. The summed E-state index contributed by atoms with van der Waals surface area (Å²) in [5, 5.41) is 0. The Balaban J connectivity index is 2.02. The van der Waals surface area contributed by atoms with Crippen LogP contribution in [0.5, 0.6) is 0 Å². The summed E-state index contributed by atoms with van der Waals surface area (Å²) in [5.74, 6) is 1.28. The van der Waals surface area contributed by atoms with Crippen LogP contribution in [0.15, 0.2) is 48.5 Å². The van der Waals surface area contributed by atoms with E-state index in [0.29, 0.717) is 11.8 Å². The smallest absolute Gasteiger partial charge is 0.00922 e. The zero-order valence-corrected chi connectivity index (χ0v) is 14.3. The van der Waals surface area contributed by atoms with E-state index in [9.17, 15) is 0 Å². The van der Waals surface area contributed by atoms with Crippen molar-refractivity contribution in [3.63, 3.8) is 0 Å². The van der Waals surface area contributed by atoms with Crippen molar-refractivity contribution < 1.29 is 0 Å². The van der Waals surface area contributed by atoms with Crippen LogP contribution in [0.3, 0.4) is 0 Å². The highest BCUT2D eigenvalue weighted by molar-refractivity contribution is 5.93. The van der Waals surface area contributed by atoms with Gasteiger partial charge in [0.25, 0.3) is 0 Å². The van der Waals surface area contributed by atoms with Gasteiger partial charge in [-0.15, -0.1) is 0 Å². The fraction of sp³-hybridized carbons (Fsp3) is 0.391. The highest BCUT2D eigenvalue weighted by atomic mass is 14.3. The predicted molar refractivity (Wildman–Crippen MR) is 99.4 cm³/mol. The zero-order valence-electron chi connectivity index (χ0n) is 14.3. The molecule has 0 aliphatic heterocycles. The van der Waals surface area contributed by atoms with Crippen LogP contribution in [0.25, 0.3) is 11.1 Å². The van der Waals surface area contributed by atoms with Crippen molar-refractivity contribution in [1.82, 2.24) is 0 Å². The minimum Gasteiger partial charge on any atom is -0.0622 e. The molecule has 0 N–H and O–H groups in total. The Morgan fingerprint density at radius 1 is 0.783 bits per heavy atom. The van der Waals surface area contributed by atoms with Crippen LogP contribution in [0.1, 0.15) is 67.7 Å². The maximum atomic E-state index is 2.38. The van der Waals surface area contributed by atoms with Gasteiger partial charge in [-0.25, -0.2) is 0 Å². The lowest BCUT2D eigenvalue weighted by atomic mass is 9.72. The Morgan fingerprint density at radius 3 is 2.13 bits per heavy atom. The number of allylic oxidation sites excluding steroid dienone is 2. The molecule has 0 radical (unpaired) electrons. The van der Waals surface area contributed by atoms with Gasteiger partial charge in [-0.2, -0.15) is 0 Å². The van der Waals surface area contributed by atoms with Crippen LogP contribution in [0.4, 0.5) is 0 Å². The molecule has 0 fully saturated rings. The first kappa shape index (κ1) is 14.8. The maximum Gasteiger partial charge on any atom is -0.00922 e. The lowest BCUT2D eigenvalue weighted by Gasteiger charge is -2.32. The molecule has 0 spiro atoms. The normalized spacial score (nSPS) is 20.4. The van der Waals surface area contributed by atoms with Crippen LogP contribution in [-0.2, 0) is 6.42 Å². The van der Waals surface area contributed by atoms with Crippen molar-refractivity contribution in [2.75, 3.05) is 0 Å². The molecule has 0 amide bonds. The molecule has 0 aromatic heterocycles. The summed E-state index contributed by atoms with van der Waals surface area (Å²) in [6.45, 7) is 4.75. The van der Waals surface area contributed by atoms with Crippen molar-refractivity contribution in [3.8, 4) is 0 Å². The average Bonchev–Trinajstić information content (AvgIpc) is 2.58. The van der Waals surface area contributed by atoms with E-state index < -0.39 is 0 Å². The van der Waals surface area contributed by atoms with E-state index in [1.807, 2.05) is 0 Å². The molecule has 0 heteroatoms. The molecule has 4 rings (SSSR count). The van der Waals surface area contributed by atoms with Crippen molar-refractivity contribution in [1.29, 1.82) is 0 Å². The fourth-order valence-corrected chi connectivity index (χ4v) is 4.53. The molecule has 0 nitrogen and oxygen atoms in total. The first-order valence-corrected chi connectivity index (χ1v) is 9.15. The number of fused-ring (bicyclic) bond motifs is 4. The van der Waals surface area contributed by atoms with Crippen LogP contribution in [0, 0.1) is 5.92 Å². The monoisotopic (exact) mass is 302 g/mol. The van der Waals surface area contributed by atoms with Crippen molar-refractivity contribution in [2.45, 2.75) is 51.9 Å². The number of hydrogen-bond donors (Lipinski definition) is 0. The summed E-state index contributed by atoms with van der Waals surface area (Å²) >= 11 is 0. The molecule has 0 saturated heterocycles. The third kappa shape index (κ3) is 2.55. The van der Waals surface area contributed by atoms with E-state index in [1.165, 1.54) is 43.2 Å². The molecule has 0 saturated carbocycles. The Labute approximate surface area is 140 Å². The zero-order chi connectivity index (χ0) is 15.8. The summed E-state index contributed by atoms with van der Waals surface area (Å²) in [5.41, 5.74) is 9.45. The average molecular weight is 302 g/mol. The Bertz CT molecular complexity index is 748. The summed E-state index contributed by atoms with van der Waals surface area (Å²) in [6, 6.07) is 18.4. The molecular formula is C23H26. The molecule has 23 heavy (non-hydrogen) atoms. The maximum absolute atomic E-state index is 2.38. The van der Waals surface area contributed by atoms with Gasteiger partial charge in [0.1, 0.15) is 0 Å². The van der Waals surface area contributed by atoms with Gasteiger partial charge >= 0.3 is 0 Å². The standard InChI is InChI=1S/C23H26/c1-16(2)23-15-17-9-3-4-10-18(17)19-11-5-6-12-20(19)21-13-7-8-14-22(21)23/h3-4,7-10,13-14,16,23H,5-6,11-12,15H2,1-2H3. The lowest BCUT2D eigenvalue weighted by Crippen LogP contribution is -2.16. The minimum absolute atomic E-state index is 0.614. The first-order valence-electron chi connectivity index (χ1n) is 9.15. The molecule has 0 heterocycles. The van der Waals surface area contributed by atoms with Crippen LogP contribution < -0.4 is 0 Å². The molecule has 0 bridgehead atoms. The summed E-state index contributed by atoms with van der Waals surface area (Å²) < 4.78 is 0. The van der Waals surface area contributed by atoms with Crippen LogP contribution in [0.2, 0.25) is 0 Å². The Hall–Kier alpha value is -1.82. The van der Waals surface area contributed by atoms with Crippen molar-refractivity contribution in [3.05, 3.63) is 70.8 Å². The number of benzene rings is 2. The lowest BCUT2D eigenvalue weighted by molar-refractivity contribution is 0.493. The van der Waals surface area contributed by atoms with Gasteiger partial charge in [0.2, 0.25) is 0 Å². The van der Waals surface area contributed by atoms with Crippen molar-refractivity contribution in [2.24, 2.45) is 5.92 Å². The largest absolute Gasteiger partial charge is 0.0622 e. The second kappa shape index (κ2) is 6.00. The van der Waals surface area contributed by atoms with Gasteiger partial charge in [0, 0.05) is 0 Å². The first-order chi connectivity index (χ1) is 11.3. The Kier molecular flexibility index (Phi) is 3.85. The molecular weight excluding hydrogens is 276 g/mol. The quantitative estimate of drug-likeness (QED) is 0.566. The van der Waals surface area contributed by atoms with Gasteiger partial charge in [0.15, 0.2) is 0 Å². The minimum atomic E-state index is 0.614. The predicted octanol–water partition coefficient (Wildman–Crippen LogP) is 6.47. The van der Waals surface area contributed by atoms with E-state index in [0.717, 1.165) is 0 Å². The van der Waals surface area contributed by atoms with Gasteiger partial charge in [-0.1, -0.05) is 62.4 Å². The topological polar surface area (TPSA) is 0 Å². The molecule has 2 aliphatic rings. The van der Waals surface area contributed by atoms with Gasteiger partial charge in [0.05, 0.1) is 0 Å². The highest BCUT2D eigenvalue weighted by Gasteiger charge is 2.27. The molecule has 1 unspecified atom stereocenters. The molecule has 1 atom stereocenters. The van der Waals surface area contributed by atoms with Gasteiger partial charge < -0.3 is 0 Å². The summed E-state index contributed by atoms with van der Waals surface area (Å²) in [7, 11) is 0. The van der Waals surface area contributed by atoms with E-state index >= 15 is 0 Å². The van der Waals surface area contributed by atoms with E-state index in [1.54, 1.807) is 22.3 Å². The Morgan fingerprint density at radius 2 is 1.39 bits per heavy atom. The van der Waals surface area contributed by atoms with Crippen LogP contribution >= 0.6 is 0 Å². The van der Waals surface area contributed by atoms with Crippen molar-refractivity contribution >= 4 is 11.1 Å². The summed E-state index contributed by atoms with van der Waals surface area (Å²) in [6.07, 6.45) is 6.32. The molecule has 2 aliphatic carbocycles. The fourth-order valence-electron chi connectivity index (χ4n) is 4.53. The second-order valence-electron chi connectivity index (χ2n) is 7.46. The van der Waals surface area contributed by atoms with E-state index in [-0.39, 0.29) is 0 Å². The van der Waals surface area contributed by atoms with E-state index in [2.05, 4.69) is 62.4 Å². The van der Waals surface area contributed by atoms with Crippen LogP contribution in [-0.4, -0.2) is 0 Å². The molecule has 2 aromatic carbocycles. The molecule has 118 valence electrons. The highest BCUT2D eigenvalue weighted by Crippen LogP contribution is 2.45. The SMILES string of the molecule is CC(C)C1Cc2ccccc2C2=C(CCCC2)c2ccccc21. The molecule has 2 aromatic rings. The number of hydrogen-bond acceptors (Lipinski definition) is 0.